The SMILES string of the molecule is O=C(c1ccc(OCC(F)(F)F)nc1)N1CCC(O)(Cn2cnc3c(cnn3-c3ccc(F)cc3)c2=O)CC1. The van der Waals surface area contributed by atoms with Gasteiger partial charge < -0.3 is 14.7 Å². The number of hydrogen-bond donors (Lipinski definition) is 1. The molecule has 39 heavy (non-hydrogen) atoms. The zero-order valence-electron chi connectivity index (χ0n) is 20.3. The van der Waals surface area contributed by atoms with Gasteiger partial charge in [-0.1, -0.05) is 0 Å². The van der Waals surface area contributed by atoms with Crippen LogP contribution in [0.15, 0.2) is 59.9 Å². The Balaban J connectivity index is 1.23. The van der Waals surface area contributed by atoms with Gasteiger partial charge >= 0.3 is 6.18 Å². The van der Waals surface area contributed by atoms with Crippen LogP contribution in [0, 0.1) is 5.82 Å². The Morgan fingerprint density at radius 2 is 1.77 bits per heavy atom. The fraction of sp³-hybridized carbons (Fsp3) is 0.320. The highest BCUT2D eigenvalue weighted by molar-refractivity contribution is 5.94. The van der Waals surface area contributed by atoms with Crippen molar-refractivity contribution in [1.82, 2.24) is 29.2 Å². The summed E-state index contributed by atoms with van der Waals surface area (Å²) in [6.07, 6.45) is -0.323. The van der Waals surface area contributed by atoms with E-state index in [0.29, 0.717) is 11.3 Å². The Morgan fingerprint density at radius 1 is 1.05 bits per heavy atom. The lowest BCUT2D eigenvalue weighted by Gasteiger charge is -2.38. The van der Waals surface area contributed by atoms with Crippen LogP contribution in [0.3, 0.4) is 0 Å². The third kappa shape index (κ3) is 5.74. The number of pyridine rings is 1. The van der Waals surface area contributed by atoms with Crippen LogP contribution < -0.4 is 10.3 Å². The van der Waals surface area contributed by atoms with E-state index in [1.54, 1.807) is 0 Å². The summed E-state index contributed by atoms with van der Waals surface area (Å²) in [6.45, 7) is -1.16. The first kappa shape index (κ1) is 26.3. The second kappa shape index (κ2) is 10.1. The Hall–Kier alpha value is -4.33. The molecule has 0 saturated carbocycles. The monoisotopic (exact) mass is 546 g/mol. The molecular weight excluding hydrogens is 524 g/mol. The molecule has 1 aliphatic heterocycles. The molecule has 4 aromatic rings. The van der Waals surface area contributed by atoms with Crippen LogP contribution in [0.1, 0.15) is 23.2 Å². The van der Waals surface area contributed by atoms with Crippen LogP contribution in [-0.2, 0) is 6.54 Å². The van der Waals surface area contributed by atoms with Crippen molar-refractivity contribution in [3.63, 3.8) is 0 Å². The molecular formula is C25H22F4N6O4. The molecule has 0 atom stereocenters. The number of aliphatic hydroxyl groups is 1. The number of benzene rings is 1. The number of alkyl halides is 3. The molecule has 1 N–H and O–H groups in total. The van der Waals surface area contributed by atoms with Gasteiger partial charge in [-0.05, 0) is 43.2 Å². The van der Waals surface area contributed by atoms with E-state index in [1.165, 1.54) is 63.1 Å². The molecule has 1 fully saturated rings. The molecule has 1 amide bonds. The first-order valence-electron chi connectivity index (χ1n) is 11.9. The number of amides is 1. The second-order valence-corrected chi connectivity index (χ2v) is 9.25. The molecule has 0 spiro atoms. The summed E-state index contributed by atoms with van der Waals surface area (Å²) >= 11 is 0. The number of piperidine rings is 1. The molecule has 0 bridgehead atoms. The number of rotatable bonds is 6. The molecule has 3 aromatic heterocycles. The van der Waals surface area contributed by atoms with E-state index in [2.05, 4.69) is 19.8 Å². The van der Waals surface area contributed by atoms with Crippen molar-refractivity contribution < 1.29 is 32.2 Å². The van der Waals surface area contributed by atoms with Gasteiger partial charge in [-0.25, -0.2) is 19.0 Å². The van der Waals surface area contributed by atoms with E-state index < -0.39 is 29.8 Å². The first-order valence-corrected chi connectivity index (χ1v) is 11.9. The van der Waals surface area contributed by atoms with Gasteiger partial charge in [-0.15, -0.1) is 0 Å². The Kier molecular flexibility index (Phi) is 6.80. The number of ether oxygens (including phenoxy) is 1. The molecule has 1 saturated heterocycles. The lowest BCUT2D eigenvalue weighted by Crippen LogP contribution is -2.49. The topological polar surface area (TPSA) is 115 Å². The molecule has 1 aromatic carbocycles. The maximum absolute atomic E-state index is 13.3. The Morgan fingerprint density at radius 3 is 2.41 bits per heavy atom. The minimum absolute atomic E-state index is 0.0503. The number of hydrogen-bond acceptors (Lipinski definition) is 7. The summed E-state index contributed by atoms with van der Waals surface area (Å²) in [5, 5.41) is 15.6. The third-order valence-electron chi connectivity index (χ3n) is 6.44. The van der Waals surface area contributed by atoms with Crippen LogP contribution >= 0.6 is 0 Å². The molecule has 1 aliphatic rings. The average molecular weight is 546 g/mol. The smallest absolute Gasteiger partial charge is 0.422 e. The number of carbonyl (C=O) groups is 1. The van der Waals surface area contributed by atoms with Gasteiger partial charge in [0.15, 0.2) is 12.3 Å². The van der Waals surface area contributed by atoms with E-state index in [0.717, 1.165) is 6.20 Å². The van der Waals surface area contributed by atoms with Gasteiger partial charge in [0.25, 0.3) is 11.5 Å². The molecule has 5 rings (SSSR count). The maximum atomic E-state index is 13.3. The average Bonchev–Trinajstić information content (AvgIpc) is 3.34. The molecule has 10 nitrogen and oxygen atoms in total. The second-order valence-electron chi connectivity index (χ2n) is 9.25. The van der Waals surface area contributed by atoms with Crippen molar-refractivity contribution in [2.75, 3.05) is 19.7 Å². The van der Waals surface area contributed by atoms with Gasteiger partial charge in [-0.2, -0.15) is 18.3 Å². The van der Waals surface area contributed by atoms with Gasteiger partial charge in [0.2, 0.25) is 5.88 Å². The van der Waals surface area contributed by atoms with E-state index >= 15 is 0 Å². The van der Waals surface area contributed by atoms with E-state index in [4.69, 9.17) is 0 Å². The Bertz CT molecular complexity index is 1540. The van der Waals surface area contributed by atoms with Crippen molar-refractivity contribution in [2.45, 2.75) is 31.2 Å². The van der Waals surface area contributed by atoms with Crippen molar-refractivity contribution in [3.8, 4) is 11.6 Å². The van der Waals surface area contributed by atoms with Crippen LogP contribution in [-0.4, -0.2) is 71.7 Å². The van der Waals surface area contributed by atoms with Crippen molar-refractivity contribution >= 4 is 16.9 Å². The molecule has 0 unspecified atom stereocenters. The number of nitrogens with zero attached hydrogens (tertiary/aromatic N) is 6. The third-order valence-corrected chi connectivity index (χ3v) is 6.44. The highest BCUT2D eigenvalue weighted by Gasteiger charge is 2.35. The van der Waals surface area contributed by atoms with Gasteiger partial charge in [-0.3, -0.25) is 14.2 Å². The summed E-state index contributed by atoms with van der Waals surface area (Å²) in [7, 11) is 0. The highest BCUT2D eigenvalue weighted by atomic mass is 19.4. The number of aromatic nitrogens is 5. The predicted molar refractivity (Wildman–Crippen MR) is 129 cm³/mol. The van der Waals surface area contributed by atoms with Crippen molar-refractivity contribution in [2.24, 2.45) is 0 Å². The normalized spacial score (nSPS) is 15.5. The summed E-state index contributed by atoms with van der Waals surface area (Å²) in [6, 6.07) is 8.09. The van der Waals surface area contributed by atoms with E-state index in [9.17, 15) is 32.3 Å². The number of carbonyl (C=O) groups excluding carboxylic acids is 1. The zero-order chi connectivity index (χ0) is 27.8. The number of halogens is 4. The van der Waals surface area contributed by atoms with Gasteiger partial charge in [0, 0.05) is 25.4 Å². The molecule has 204 valence electrons. The largest absolute Gasteiger partial charge is 0.468 e. The van der Waals surface area contributed by atoms with Crippen LogP contribution in [0.5, 0.6) is 5.88 Å². The lowest BCUT2D eigenvalue weighted by atomic mass is 9.91. The molecule has 0 radical (unpaired) electrons. The standard InChI is InChI=1S/C25H22F4N6O4/c26-17-2-4-18(5-3-17)35-21-19(12-32-35)23(37)34(15-31-21)13-24(38)7-9-33(10-8-24)22(36)16-1-6-20(30-11-16)39-14-25(27,28)29/h1-6,11-12,15,38H,7-10,13-14H2. The summed E-state index contributed by atoms with van der Waals surface area (Å²) in [4.78, 5) is 35.5. The summed E-state index contributed by atoms with van der Waals surface area (Å²) in [5.74, 6) is -1.05. The fourth-order valence-electron chi connectivity index (χ4n) is 4.36. The van der Waals surface area contributed by atoms with E-state index in [1.807, 2.05) is 0 Å². The molecule has 4 heterocycles. The summed E-state index contributed by atoms with van der Waals surface area (Å²) in [5.41, 5.74) is -0.691. The lowest BCUT2D eigenvalue weighted by molar-refractivity contribution is -0.154. The number of fused-ring (bicyclic) bond motifs is 1. The van der Waals surface area contributed by atoms with Crippen molar-refractivity contribution in [1.29, 1.82) is 0 Å². The van der Waals surface area contributed by atoms with Crippen LogP contribution in [0.25, 0.3) is 16.7 Å². The Labute approximate surface area is 218 Å². The maximum Gasteiger partial charge on any atom is 0.422 e. The first-order chi connectivity index (χ1) is 18.5. The fourth-order valence-corrected chi connectivity index (χ4v) is 4.36. The molecule has 14 heteroatoms. The summed E-state index contributed by atoms with van der Waals surface area (Å²) < 4.78 is 57.4. The number of likely N-dealkylation sites (tertiary alicyclic amines) is 1. The minimum atomic E-state index is -4.50. The van der Waals surface area contributed by atoms with Crippen LogP contribution in [0.2, 0.25) is 0 Å². The van der Waals surface area contributed by atoms with Gasteiger partial charge in [0.1, 0.15) is 17.5 Å². The van der Waals surface area contributed by atoms with Crippen molar-refractivity contribution in [3.05, 3.63) is 76.9 Å². The quantitative estimate of drug-likeness (QED) is 0.370. The van der Waals surface area contributed by atoms with E-state index in [-0.39, 0.29) is 55.2 Å². The molecule has 0 aliphatic carbocycles. The zero-order valence-corrected chi connectivity index (χ0v) is 20.3. The van der Waals surface area contributed by atoms with Gasteiger partial charge in [0.05, 0.1) is 29.6 Å². The predicted octanol–water partition coefficient (Wildman–Crippen LogP) is 2.72. The minimum Gasteiger partial charge on any atom is -0.468 e. The highest BCUT2D eigenvalue weighted by Crippen LogP contribution is 2.26. The van der Waals surface area contributed by atoms with Crippen LogP contribution in [0.4, 0.5) is 17.6 Å².